The molecule has 0 aliphatic heterocycles. The van der Waals surface area contributed by atoms with Crippen LogP contribution in [0.15, 0.2) is 32.8 Å². The van der Waals surface area contributed by atoms with E-state index in [-0.39, 0.29) is 5.56 Å². The zero-order chi connectivity index (χ0) is 11.4. The molecule has 0 bridgehead atoms. The summed E-state index contributed by atoms with van der Waals surface area (Å²) >= 11 is 2.82. The molecule has 0 aliphatic rings. The van der Waals surface area contributed by atoms with Crippen molar-refractivity contribution in [2.45, 2.75) is 6.92 Å². The second kappa shape index (κ2) is 4.74. The van der Waals surface area contributed by atoms with Crippen LogP contribution in [0.4, 0.5) is 0 Å². The van der Waals surface area contributed by atoms with Gasteiger partial charge in [-0.25, -0.2) is 8.39 Å². The highest BCUT2D eigenvalue weighted by Crippen LogP contribution is 1.80. The number of hydrogen-bond acceptors (Lipinski definition) is 3. The highest BCUT2D eigenvalue weighted by molar-refractivity contribution is 9.08. The van der Waals surface area contributed by atoms with E-state index in [4.69, 9.17) is 0 Å². The van der Waals surface area contributed by atoms with Crippen LogP contribution in [0.3, 0.4) is 0 Å². The SMILES string of the molecule is Cc1c[nH]c(=O)[nH]ccc(=O)n(Br)c1=O. The van der Waals surface area contributed by atoms with E-state index in [1.54, 1.807) is 0 Å². The van der Waals surface area contributed by atoms with Crippen molar-refractivity contribution in [1.29, 1.82) is 0 Å². The van der Waals surface area contributed by atoms with Crippen LogP contribution in [0, 0.1) is 6.92 Å². The number of nitrogens with one attached hydrogen (secondary N) is 2. The maximum Gasteiger partial charge on any atom is 0.322 e. The molecule has 0 aliphatic carbocycles. The quantitative estimate of drug-likeness (QED) is 0.687. The minimum absolute atomic E-state index is 0.227. The topological polar surface area (TPSA) is 87.7 Å². The van der Waals surface area contributed by atoms with E-state index in [2.05, 4.69) is 26.1 Å². The van der Waals surface area contributed by atoms with E-state index in [0.29, 0.717) is 0 Å². The fraction of sp³-hybridized carbons (Fsp3) is 0.125. The molecule has 1 aromatic heterocycles. The molecule has 7 heteroatoms. The summed E-state index contributed by atoms with van der Waals surface area (Å²) in [6.07, 6.45) is 2.37. The van der Waals surface area contributed by atoms with Crippen LogP contribution >= 0.6 is 16.1 Å². The first-order valence-electron chi connectivity index (χ1n) is 3.97. The Morgan fingerprint density at radius 3 is 2.60 bits per heavy atom. The molecule has 0 fully saturated rings. The summed E-state index contributed by atoms with van der Waals surface area (Å²) < 4.78 is 0.772. The average Bonchev–Trinajstić information content (AvgIpc) is 2.22. The van der Waals surface area contributed by atoms with Crippen LogP contribution in [0.2, 0.25) is 0 Å². The Bertz CT molecular complexity index is 583. The smallest absolute Gasteiger partial charge is 0.314 e. The number of nitrogens with zero attached hydrogens (tertiary/aromatic N) is 1. The molecule has 15 heavy (non-hydrogen) atoms. The molecule has 1 rings (SSSR count). The van der Waals surface area contributed by atoms with Crippen LogP contribution in [0.25, 0.3) is 0 Å². The van der Waals surface area contributed by atoms with E-state index in [0.717, 1.165) is 15.9 Å². The summed E-state index contributed by atoms with van der Waals surface area (Å²) in [5.74, 6) is 0. The number of rotatable bonds is 0. The summed E-state index contributed by atoms with van der Waals surface area (Å²) in [5.41, 5.74) is -1.40. The van der Waals surface area contributed by atoms with Crippen LogP contribution in [-0.2, 0) is 0 Å². The zero-order valence-corrected chi connectivity index (χ0v) is 9.37. The lowest BCUT2D eigenvalue weighted by atomic mass is 10.4. The Balaban J connectivity index is 3.85. The van der Waals surface area contributed by atoms with E-state index in [9.17, 15) is 14.4 Å². The van der Waals surface area contributed by atoms with Gasteiger partial charge in [-0.15, -0.1) is 0 Å². The number of hydrogen-bond donors (Lipinski definition) is 2. The van der Waals surface area contributed by atoms with Crippen LogP contribution in [0.5, 0.6) is 0 Å². The number of H-pyrrole nitrogens is 2. The molecular weight excluding hydrogens is 266 g/mol. The molecule has 0 amide bonds. The van der Waals surface area contributed by atoms with E-state index >= 15 is 0 Å². The van der Waals surface area contributed by atoms with Crippen molar-refractivity contribution < 1.29 is 0 Å². The maximum absolute atomic E-state index is 11.5. The fourth-order valence-corrected chi connectivity index (χ4v) is 1.18. The second-order valence-corrected chi connectivity index (χ2v) is 3.41. The van der Waals surface area contributed by atoms with Crippen molar-refractivity contribution in [3.05, 3.63) is 55.2 Å². The second-order valence-electron chi connectivity index (χ2n) is 2.70. The van der Waals surface area contributed by atoms with Gasteiger partial charge in [-0.3, -0.25) is 9.59 Å². The molecule has 0 spiro atoms. The number of aromatic amines is 2. The molecule has 0 aromatic carbocycles. The highest BCUT2D eigenvalue weighted by atomic mass is 79.9. The molecule has 0 radical (unpaired) electrons. The number of aromatic nitrogens is 3. The molecule has 6 nitrogen and oxygen atoms in total. The predicted octanol–water partition coefficient (Wildman–Crippen LogP) is -0.184. The Kier molecular flexibility index (Phi) is 3.62. The van der Waals surface area contributed by atoms with E-state index < -0.39 is 16.8 Å². The van der Waals surface area contributed by atoms with Gasteiger partial charge in [0.25, 0.3) is 11.1 Å². The molecule has 80 valence electrons. The monoisotopic (exact) mass is 273 g/mol. The normalized spacial score (nSPS) is 9.47. The molecule has 0 saturated carbocycles. The molecule has 1 aromatic rings. The zero-order valence-electron chi connectivity index (χ0n) is 7.78. The highest BCUT2D eigenvalue weighted by Gasteiger charge is 1.94. The summed E-state index contributed by atoms with van der Waals surface area (Å²) in [4.78, 5) is 38.3. The minimum Gasteiger partial charge on any atom is -0.314 e. The van der Waals surface area contributed by atoms with Gasteiger partial charge in [-0.2, -0.15) is 0 Å². The molecule has 0 atom stereocenters. The van der Waals surface area contributed by atoms with Gasteiger partial charge in [-0.1, -0.05) is 0 Å². The van der Waals surface area contributed by atoms with Crippen molar-refractivity contribution >= 4 is 16.1 Å². The lowest BCUT2D eigenvalue weighted by Gasteiger charge is -1.88. The van der Waals surface area contributed by atoms with E-state index in [1.165, 1.54) is 13.1 Å². The first-order chi connectivity index (χ1) is 7.02. The Morgan fingerprint density at radius 1 is 1.27 bits per heavy atom. The molecule has 1 heterocycles. The first-order valence-corrected chi connectivity index (χ1v) is 4.68. The van der Waals surface area contributed by atoms with Crippen LogP contribution in [0.1, 0.15) is 5.56 Å². The van der Waals surface area contributed by atoms with Gasteiger partial charge in [-0.05, 0) is 6.92 Å². The lowest BCUT2D eigenvalue weighted by Crippen LogP contribution is -2.24. The minimum atomic E-state index is -0.574. The third-order valence-corrected chi connectivity index (χ3v) is 2.24. The van der Waals surface area contributed by atoms with Gasteiger partial charge in [0.2, 0.25) is 0 Å². The van der Waals surface area contributed by atoms with Crippen molar-refractivity contribution in [1.82, 2.24) is 13.6 Å². The number of halogens is 1. The summed E-state index contributed by atoms with van der Waals surface area (Å²) in [5, 5.41) is 0. The van der Waals surface area contributed by atoms with Gasteiger partial charge in [0, 0.05) is 24.0 Å². The van der Waals surface area contributed by atoms with Gasteiger partial charge < -0.3 is 9.97 Å². The molecule has 0 saturated heterocycles. The third-order valence-electron chi connectivity index (χ3n) is 1.57. The summed E-state index contributed by atoms with van der Waals surface area (Å²) in [6, 6.07) is 1.06. The van der Waals surface area contributed by atoms with Crippen molar-refractivity contribution in [3.8, 4) is 0 Å². The predicted molar refractivity (Wildman–Crippen MR) is 58.6 cm³/mol. The Morgan fingerprint density at radius 2 is 1.93 bits per heavy atom. The molecule has 0 unspecified atom stereocenters. The lowest BCUT2D eigenvalue weighted by molar-refractivity contribution is 1.04. The Hall–Kier alpha value is -1.63. The van der Waals surface area contributed by atoms with Crippen LogP contribution < -0.4 is 16.8 Å². The largest absolute Gasteiger partial charge is 0.322 e. The van der Waals surface area contributed by atoms with Gasteiger partial charge >= 0.3 is 5.69 Å². The summed E-state index contributed by atoms with van der Waals surface area (Å²) in [7, 11) is 0. The van der Waals surface area contributed by atoms with Gasteiger partial charge in [0.1, 0.15) is 0 Å². The van der Waals surface area contributed by atoms with Gasteiger partial charge in [0.05, 0.1) is 16.1 Å². The molecular formula is C8H8BrN3O3. The standard InChI is InChI=1S/C8H8BrN3O3/c1-5-4-11-8(15)10-3-2-6(13)12(9)7(5)14/h2-4H,1H3,(H2,10,11,15). The van der Waals surface area contributed by atoms with Gasteiger partial charge in [0.15, 0.2) is 0 Å². The van der Waals surface area contributed by atoms with Crippen molar-refractivity contribution in [2.24, 2.45) is 0 Å². The fourth-order valence-electron chi connectivity index (χ4n) is 0.786. The van der Waals surface area contributed by atoms with Crippen molar-refractivity contribution in [3.63, 3.8) is 0 Å². The molecule has 2 N–H and O–H groups in total. The third kappa shape index (κ3) is 2.91. The van der Waals surface area contributed by atoms with E-state index in [1.807, 2.05) is 0 Å². The number of aryl methyl sites for hydroxylation is 1. The Labute approximate surface area is 92.3 Å². The first kappa shape index (κ1) is 11.4. The van der Waals surface area contributed by atoms with Crippen molar-refractivity contribution in [2.75, 3.05) is 0 Å². The summed E-state index contributed by atoms with van der Waals surface area (Å²) in [6.45, 7) is 1.48. The maximum atomic E-state index is 11.5. The average molecular weight is 274 g/mol. The van der Waals surface area contributed by atoms with Crippen LogP contribution in [-0.4, -0.2) is 13.6 Å².